The highest BCUT2D eigenvalue weighted by Gasteiger charge is 2.41. The van der Waals surface area contributed by atoms with Crippen LogP contribution in [0.4, 0.5) is 9.59 Å². The molecule has 3 N–H and O–H groups in total. The predicted octanol–water partition coefficient (Wildman–Crippen LogP) is 5.32. The van der Waals surface area contributed by atoms with E-state index in [0.717, 1.165) is 32.1 Å². The third kappa shape index (κ3) is 10.5. The Balaban J connectivity index is 2.27. The number of unbranched alkanes of at least 4 members (excludes halogenated alkanes) is 6. The highest BCUT2D eigenvalue weighted by Crippen LogP contribution is 2.45. The first-order chi connectivity index (χ1) is 12.7. The van der Waals surface area contributed by atoms with Crippen LogP contribution in [-0.2, 0) is 4.74 Å². The van der Waals surface area contributed by atoms with Crippen LogP contribution < -0.4 is 10.6 Å². The summed E-state index contributed by atoms with van der Waals surface area (Å²) in [4.78, 5) is 23.0. The van der Waals surface area contributed by atoms with Crippen LogP contribution in [0.15, 0.2) is 0 Å². The Bertz CT molecular complexity index is 467. The molecule has 0 radical (unpaired) electrons. The SMILES string of the molecule is CCCCCCCCCOC(=O)NCC1(C)CC(NC(=O)O)CC(C)(C)C1. The summed E-state index contributed by atoms with van der Waals surface area (Å²) in [6, 6.07) is -0.0817. The topological polar surface area (TPSA) is 87.7 Å². The summed E-state index contributed by atoms with van der Waals surface area (Å²) in [5.41, 5.74) is -0.114. The normalized spacial score (nSPS) is 24.2. The summed E-state index contributed by atoms with van der Waals surface area (Å²) < 4.78 is 5.29. The van der Waals surface area contributed by atoms with Gasteiger partial charge in [-0.25, -0.2) is 9.59 Å². The smallest absolute Gasteiger partial charge is 0.407 e. The molecule has 2 amide bonds. The quantitative estimate of drug-likeness (QED) is 0.421. The van der Waals surface area contributed by atoms with Gasteiger partial charge in [0.2, 0.25) is 0 Å². The number of carboxylic acid groups (broad SMARTS) is 1. The van der Waals surface area contributed by atoms with E-state index in [-0.39, 0.29) is 23.0 Å². The van der Waals surface area contributed by atoms with Crippen LogP contribution in [-0.4, -0.2) is 36.5 Å². The van der Waals surface area contributed by atoms with Crippen molar-refractivity contribution in [2.75, 3.05) is 13.2 Å². The van der Waals surface area contributed by atoms with Gasteiger partial charge < -0.3 is 20.5 Å². The number of amides is 2. The van der Waals surface area contributed by atoms with Crippen LogP contribution in [0.5, 0.6) is 0 Å². The van der Waals surface area contributed by atoms with Crippen LogP contribution >= 0.6 is 0 Å². The van der Waals surface area contributed by atoms with E-state index in [1.807, 2.05) is 0 Å². The molecular formula is C21H40N2O4. The maximum Gasteiger partial charge on any atom is 0.407 e. The summed E-state index contributed by atoms with van der Waals surface area (Å²) in [6.45, 7) is 9.60. The molecular weight excluding hydrogens is 344 g/mol. The van der Waals surface area contributed by atoms with E-state index in [1.165, 1.54) is 32.1 Å². The molecule has 1 aliphatic carbocycles. The van der Waals surface area contributed by atoms with E-state index in [1.54, 1.807) is 0 Å². The first-order valence-electron chi connectivity index (χ1n) is 10.6. The molecule has 1 aliphatic rings. The number of rotatable bonds is 11. The lowest BCUT2D eigenvalue weighted by Gasteiger charge is -2.46. The molecule has 6 nitrogen and oxygen atoms in total. The standard InChI is InChI=1S/C21H40N2O4/c1-5-6-7-8-9-10-11-12-27-19(26)22-16-21(4)14-17(23-18(24)25)13-20(2,3)15-21/h17,23H,5-16H2,1-4H3,(H,22,26)(H,24,25). The van der Waals surface area contributed by atoms with E-state index < -0.39 is 6.09 Å². The van der Waals surface area contributed by atoms with Gasteiger partial charge in [0.25, 0.3) is 0 Å². The Morgan fingerprint density at radius 2 is 1.67 bits per heavy atom. The zero-order valence-electron chi connectivity index (χ0n) is 17.7. The molecule has 6 heteroatoms. The van der Waals surface area contributed by atoms with Gasteiger partial charge in [-0.2, -0.15) is 0 Å². The summed E-state index contributed by atoms with van der Waals surface area (Å²) in [5, 5.41) is 14.5. The van der Waals surface area contributed by atoms with Crippen molar-refractivity contribution in [2.24, 2.45) is 10.8 Å². The molecule has 1 rings (SSSR count). The van der Waals surface area contributed by atoms with Gasteiger partial charge in [0, 0.05) is 12.6 Å². The van der Waals surface area contributed by atoms with Crippen LogP contribution in [0.1, 0.15) is 91.9 Å². The molecule has 0 aromatic heterocycles. The average Bonchev–Trinajstić information content (AvgIpc) is 2.53. The lowest BCUT2D eigenvalue weighted by molar-refractivity contribution is 0.0662. The van der Waals surface area contributed by atoms with Crippen molar-refractivity contribution in [3.63, 3.8) is 0 Å². The molecule has 158 valence electrons. The fraction of sp³-hybridized carbons (Fsp3) is 0.905. The largest absolute Gasteiger partial charge is 0.465 e. The Kier molecular flexibility index (Phi) is 9.95. The van der Waals surface area contributed by atoms with Gasteiger partial charge in [-0.1, -0.05) is 66.2 Å². The molecule has 2 unspecified atom stereocenters. The van der Waals surface area contributed by atoms with Gasteiger partial charge in [-0.15, -0.1) is 0 Å². The lowest BCUT2D eigenvalue weighted by Crippen LogP contribution is -2.50. The minimum Gasteiger partial charge on any atom is -0.465 e. The van der Waals surface area contributed by atoms with Crippen molar-refractivity contribution < 1.29 is 19.4 Å². The van der Waals surface area contributed by atoms with Crippen molar-refractivity contribution in [3.8, 4) is 0 Å². The number of hydrogen-bond donors (Lipinski definition) is 3. The molecule has 1 saturated carbocycles. The maximum absolute atomic E-state index is 12.0. The fourth-order valence-electron chi connectivity index (χ4n) is 4.61. The third-order valence-electron chi connectivity index (χ3n) is 5.41. The number of hydrogen-bond acceptors (Lipinski definition) is 3. The molecule has 0 heterocycles. The minimum absolute atomic E-state index is 0.0312. The van der Waals surface area contributed by atoms with E-state index in [2.05, 4.69) is 38.3 Å². The number of alkyl carbamates (subject to hydrolysis) is 1. The highest BCUT2D eigenvalue weighted by atomic mass is 16.5. The summed E-state index contributed by atoms with van der Waals surface area (Å²) >= 11 is 0. The van der Waals surface area contributed by atoms with E-state index >= 15 is 0 Å². The van der Waals surface area contributed by atoms with E-state index in [4.69, 9.17) is 9.84 Å². The predicted molar refractivity (Wildman–Crippen MR) is 108 cm³/mol. The summed E-state index contributed by atoms with van der Waals surface area (Å²) in [7, 11) is 0. The van der Waals surface area contributed by atoms with Crippen molar-refractivity contribution in [3.05, 3.63) is 0 Å². The second-order valence-electron chi connectivity index (χ2n) is 9.32. The molecule has 27 heavy (non-hydrogen) atoms. The fourth-order valence-corrected chi connectivity index (χ4v) is 4.61. The monoisotopic (exact) mass is 384 g/mol. The maximum atomic E-state index is 12.0. The first kappa shape index (κ1) is 23.6. The van der Waals surface area contributed by atoms with Crippen molar-refractivity contribution in [2.45, 2.75) is 97.9 Å². The van der Waals surface area contributed by atoms with Crippen molar-refractivity contribution in [1.82, 2.24) is 10.6 Å². The van der Waals surface area contributed by atoms with E-state index in [0.29, 0.717) is 13.2 Å². The Morgan fingerprint density at radius 1 is 1.04 bits per heavy atom. The number of carbonyl (C=O) groups is 2. The Labute approximate surface area is 164 Å². The zero-order valence-corrected chi connectivity index (χ0v) is 17.7. The van der Waals surface area contributed by atoms with Gasteiger partial charge in [0.1, 0.15) is 0 Å². The minimum atomic E-state index is -0.984. The Hall–Kier alpha value is -1.46. The van der Waals surface area contributed by atoms with Crippen LogP contribution in [0.2, 0.25) is 0 Å². The molecule has 0 saturated heterocycles. The zero-order chi connectivity index (χ0) is 20.3. The molecule has 2 atom stereocenters. The molecule has 0 aromatic rings. The van der Waals surface area contributed by atoms with Crippen molar-refractivity contribution >= 4 is 12.2 Å². The third-order valence-corrected chi connectivity index (χ3v) is 5.41. The highest BCUT2D eigenvalue weighted by molar-refractivity contribution is 5.67. The van der Waals surface area contributed by atoms with Gasteiger partial charge in [0.15, 0.2) is 0 Å². The van der Waals surface area contributed by atoms with Crippen LogP contribution in [0.3, 0.4) is 0 Å². The van der Waals surface area contributed by atoms with E-state index in [9.17, 15) is 9.59 Å². The molecule has 0 bridgehead atoms. The van der Waals surface area contributed by atoms with Gasteiger partial charge in [-0.05, 0) is 36.5 Å². The lowest BCUT2D eigenvalue weighted by atomic mass is 9.62. The van der Waals surface area contributed by atoms with Gasteiger partial charge in [-0.3, -0.25) is 0 Å². The second-order valence-corrected chi connectivity index (χ2v) is 9.32. The molecule has 1 fully saturated rings. The Morgan fingerprint density at radius 3 is 2.30 bits per heavy atom. The van der Waals surface area contributed by atoms with Gasteiger partial charge in [0.05, 0.1) is 6.61 Å². The van der Waals surface area contributed by atoms with Crippen LogP contribution in [0, 0.1) is 10.8 Å². The number of nitrogens with one attached hydrogen (secondary N) is 2. The van der Waals surface area contributed by atoms with Gasteiger partial charge >= 0.3 is 12.2 Å². The van der Waals surface area contributed by atoms with Crippen molar-refractivity contribution in [1.29, 1.82) is 0 Å². The molecule has 0 spiro atoms. The molecule has 0 aromatic carbocycles. The first-order valence-corrected chi connectivity index (χ1v) is 10.6. The summed E-state index contributed by atoms with van der Waals surface area (Å²) in [5.74, 6) is 0. The average molecular weight is 385 g/mol. The van der Waals surface area contributed by atoms with Crippen LogP contribution in [0.25, 0.3) is 0 Å². The number of carbonyl (C=O) groups excluding carboxylic acids is 1. The second kappa shape index (κ2) is 11.4. The summed E-state index contributed by atoms with van der Waals surface area (Å²) in [6.07, 6.45) is 9.47. The molecule has 0 aliphatic heterocycles. The number of ether oxygens (including phenoxy) is 1.